The lowest BCUT2D eigenvalue weighted by Crippen LogP contribution is -2.36. The molecule has 0 fully saturated rings. The highest BCUT2D eigenvalue weighted by molar-refractivity contribution is 8.00. The van der Waals surface area contributed by atoms with Crippen molar-refractivity contribution in [1.82, 2.24) is 0 Å². The van der Waals surface area contributed by atoms with Crippen molar-refractivity contribution in [3.63, 3.8) is 0 Å². The van der Waals surface area contributed by atoms with E-state index in [9.17, 15) is 0 Å². The van der Waals surface area contributed by atoms with Crippen LogP contribution < -0.4 is 5.73 Å². The summed E-state index contributed by atoms with van der Waals surface area (Å²) in [5.74, 6) is 1.20. The first kappa shape index (κ1) is 13.2. The molecule has 0 rings (SSSR count). The summed E-state index contributed by atoms with van der Waals surface area (Å²) in [5.41, 5.74) is 5.91. The van der Waals surface area contributed by atoms with Gasteiger partial charge in [0.25, 0.3) is 0 Å². The van der Waals surface area contributed by atoms with E-state index in [2.05, 4.69) is 13.8 Å². The fourth-order valence-electron chi connectivity index (χ4n) is 1.21. The van der Waals surface area contributed by atoms with Crippen molar-refractivity contribution in [3.05, 3.63) is 0 Å². The predicted octanol–water partition coefficient (Wildman–Crippen LogP) is 0.446. The molecule has 0 aliphatic rings. The van der Waals surface area contributed by atoms with Crippen LogP contribution in [0.4, 0.5) is 0 Å². The Kier molecular flexibility index (Phi) is 7.75. The highest BCUT2D eigenvalue weighted by atomic mass is 32.2. The summed E-state index contributed by atoms with van der Waals surface area (Å²) in [7, 11) is 0. The highest BCUT2D eigenvalue weighted by Crippen LogP contribution is 2.17. The summed E-state index contributed by atoms with van der Waals surface area (Å²) in [6.07, 6.45) is 0.920. The van der Waals surface area contributed by atoms with Crippen LogP contribution in [0.3, 0.4) is 0 Å². The van der Waals surface area contributed by atoms with Gasteiger partial charge in [0.05, 0.1) is 13.2 Å². The van der Waals surface area contributed by atoms with Crippen LogP contribution in [-0.4, -0.2) is 40.5 Å². The van der Waals surface area contributed by atoms with Crippen LogP contribution in [0, 0.1) is 5.92 Å². The first-order valence-corrected chi connectivity index (χ1v) is 5.75. The monoisotopic (exact) mass is 207 g/mol. The minimum Gasteiger partial charge on any atom is -0.396 e. The molecular formula is C9H21NO2S. The summed E-state index contributed by atoms with van der Waals surface area (Å²) in [5, 5.41) is 17.7. The molecule has 4 N–H and O–H groups in total. The van der Waals surface area contributed by atoms with E-state index in [0.29, 0.717) is 11.7 Å². The quantitative estimate of drug-likeness (QED) is 0.567. The van der Waals surface area contributed by atoms with Crippen LogP contribution >= 0.6 is 11.8 Å². The number of hydrogen-bond acceptors (Lipinski definition) is 4. The molecular weight excluding hydrogens is 186 g/mol. The summed E-state index contributed by atoms with van der Waals surface area (Å²) in [6.45, 7) is 4.48. The fourth-order valence-corrected chi connectivity index (χ4v) is 2.08. The Labute approximate surface area is 84.7 Å². The Bertz CT molecular complexity index is 122. The van der Waals surface area contributed by atoms with Crippen LogP contribution in [-0.2, 0) is 0 Å². The Morgan fingerprint density at radius 3 is 2.31 bits per heavy atom. The number of aliphatic hydroxyl groups is 2. The molecule has 0 aromatic carbocycles. The second-order valence-electron chi connectivity index (χ2n) is 3.61. The highest BCUT2D eigenvalue weighted by Gasteiger charge is 2.17. The van der Waals surface area contributed by atoms with E-state index in [1.54, 1.807) is 11.8 Å². The van der Waals surface area contributed by atoms with E-state index >= 15 is 0 Å². The topological polar surface area (TPSA) is 66.5 Å². The van der Waals surface area contributed by atoms with Crippen LogP contribution in [0.2, 0.25) is 0 Å². The van der Waals surface area contributed by atoms with E-state index in [4.69, 9.17) is 15.9 Å². The predicted molar refractivity (Wildman–Crippen MR) is 57.8 cm³/mol. The smallest absolute Gasteiger partial charge is 0.0565 e. The maximum Gasteiger partial charge on any atom is 0.0565 e. The molecule has 0 aromatic heterocycles. The molecule has 13 heavy (non-hydrogen) atoms. The van der Waals surface area contributed by atoms with Gasteiger partial charge in [0.1, 0.15) is 0 Å². The largest absolute Gasteiger partial charge is 0.396 e. The molecule has 0 radical (unpaired) electrons. The van der Waals surface area contributed by atoms with E-state index in [0.717, 1.165) is 6.42 Å². The zero-order chi connectivity index (χ0) is 10.3. The first-order valence-electron chi connectivity index (χ1n) is 4.70. The second kappa shape index (κ2) is 7.62. The summed E-state index contributed by atoms with van der Waals surface area (Å²) in [4.78, 5) is 0. The van der Waals surface area contributed by atoms with Crippen molar-refractivity contribution in [3.8, 4) is 0 Å². The van der Waals surface area contributed by atoms with Crippen LogP contribution in [0.15, 0.2) is 0 Å². The van der Waals surface area contributed by atoms with Gasteiger partial charge in [-0.3, -0.25) is 0 Å². The van der Waals surface area contributed by atoms with Crippen molar-refractivity contribution in [2.24, 2.45) is 11.7 Å². The molecule has 0 heterocycles. The third-order valence-corrected chi connectivity index (χ3v) is 3.17. The molecule has 2 atom stereocenters. The van der Waals surface area contributed by atoms with Crippen molar-refractivity contribution >= 4 is 11.8 Å². The summed E-state index contributed by atoms with van der Waals surface area (Å²) < 4.78 is 0. The molecule has 0 aromatic rings. The molecule has 0 aliphatic heterocycles. The molecule has 0 saturated carbocycles. The van der Waals surface area contributed by atoms with Crippen molar-refractivity contribution in [2.45, 2.75) is 31.6 Å². The molecule has 4 heteroatoms. The van der Waals surface area contributed by atoms with Crippen molar-refractivity contribution < 1.29 is 10.2 Å². The van der Waals surface area contributed by atoms with Crippen molar-refractivity contribution in [2.75, 3.05) is 19.0 Å². The van der Waals surface area contributed by atoms with Crippen molar-refractivity contribution in [1.29, 1.82) is 0 Å². The van der Waals surface area contributed by atoms with Gasteiger partial charge < -0.3 is 15.9 Å². The number of hydrogen-bond donors (Lipinski definition) is 3. The Morgan fingerprint density at radius 1 is 1.31 bits per heavy atom. The fraction of sp³-hybridized carbons (Fsp3) is 1.00. The molecule has 0 spiro atoms. The van der Waals surface area contributed by atoms with E-state index in [1.165, 1.54) is 0 Å². The van der Waals surface area contributed by atoms with E-state index in [-0.39, 0.29) is 24.5 Å². The number of aliphatic hydroxyl groups excluding tert-OH is 2. The summed E-state index contributed by atoms with van der Waals surface area (Å²) >= 11 is 1.55. The number of rotatable bonds is 7. The van der Waals surface area contributed by atoms with Gasteiger partial charge in [-0.1, -0.05) is 13.8 Å². The van der Waals surface area contributed by atoms with Gasteiger partial charge in [-0.05, 0) is 12.3 Å². The molecule has 0 amide bonds. The van der Waals surface area contributed by atoms with Gasteiger partial charge in [-0.2, -0.15) is 11.8 Å². The molecule has 0 aliphatic carbocycles. The minimum absolute atomic E-state index is 0.0292. The third kappa shape index (κ3) is 6.32. The van der Waals surface area contributed by atoms with Gasteiger partial charge in [0, 0.05) is 17.0 Å². The Morgan fingerprint density at radius 2 is 1.92 bits per heavy atom. The maximum absolute atomic E-state index is 9.05. The number of nitrogens with two attached hydrogens (primary N) is 1. The molecule has 0 saturated heterocycles. The lowest BCUT2D eigenvalue weighted by Gasteiger charge is -2.22. The third-order valence-electron chi connectivity index (χ3n) is 1.82. The van der Waals surface area contributed by atoms with Gasteiger partial charge >= 0.3 is 0 Å². The zero-order valence-electron chi connectivity index (χ0n) is 8.44. The average molecular weight is 207 g/mol. The lowest BCUT2D eigenvalue weighted by molar-refractivity contribution is 0.274. The van der Waals surface area contributed by atoms with Crippen LogP contribution in [0.1, 0.15) is 20.3 Å². The average Bonchev–Trinajstić information content (AvgIpc) is 2.04. The van der Waals surface area contributed by atoms with E-state index < -0.39 is 0 Å². The van der Waals surface area contributed by atoms with Gasteiger partial charge in [-0.25, -0.2) is 0 Å². The van der Waals surface area contributed by atoms with Gasteiger partial charge in [0.15, 0.2) is 0 Å². The van der Waals surface area contributed by atoms with Crippen LogP contribution in [0.25, 0.3) is 0 Å². The Balaban J connectivity index is 3.77. The minimum atomic E-state index is 0.0292. The molecule has 80 valence electrons. The summed E-state index contributed by atoms with van der Waals surface area (Å²) in [6, 6.07) is 0.0292. The standard InChI is InChI=1S/C9H21NO2S/c1-7(2)5-8(10)9(6-12)13-4-3-11/h7-9,11-12H,3-6,10H2,1-2H3. The zero-order valence-corrected chi connectivity index (χ0v) is 9.26. The SMILES string of the molecule is CC(C)CC(N)C(CO)SCCO. The number of thioether (sulfide) groups is 1. The molecule has 3 nitrogen and oxygen atoms in total. The van der Waals surface area contributed by atoms with Gasteiger partial charge in [-0.15, -0.1) is 0 Å². The normalized spacial score (nSPS) is 16.2. The maximum atomic E-state index is 9.05. The van der Waals surface area contributed by atoms with Crippen LogP contribution in [0.5, 0.6) is 0 Å². The van der Waals surface area contributed by atoms with Gasteiger partial charge in [0.2, 0.25) is 0 Å². The molecule has 0 bridgehead atoms. The second-order valence-corrected chi connectivity index (χ2v) is 4.96. The molecule has 2 unspecified atom stereocenters. The Hall–Kier alpha value is 0.230. The van der Waals surface area contributed by atoms with E-state index in [1.807, 2.05) is 0 Å². The first-order chi connectivity index (χ1) is 6.11. The lowest BCUT2D eigenvalue weighted by atomic mass is 10.0.